The van der Waals surface area contributed by atoms with Crippen molar-refractivity contribution in [1.82, 2.24) is 0 Å². The van der Waals surface area contributed by atoms with Crippen LogP contribution in [0.15, 0.2) is 60.0 Å². The monoisotopic (exact) mass is 276 g/mol. The number of ketones is 1. The van der Waals surface area contributed by atoms with Crippen molar-refractivity contribution in [2.45, 2.75) is 6.54 Å². The van der Waals surface area contributed by atoms with E-state index in [4.69, 9.17) is 5.21 Å². The predicted molar refractivity (Wildman–Crippen MR) is 66.8 cm³/mol. The molecule has 98 valence electrons. The fraction of sp³-hybridized carbons (Fsp3) is 0.0714. The van der Waals surface area contributed by atoms with E-state index in [0.29, 0.717) is 12.1 Å². The summed E-state index contributed by atoms with van der Waals surface area (Å²) in [6, 6.07) is 12.7. The van der Waals surface area contributed by atoms with Gasteiger partial charge in [-0.15, -0.1) is 0 Å². The van der Waals surface area contributed by atoms with Crippen LogP contribution in [0.5, 0.6) is 0 Å². The van der Waals surface area contributed by atoms with Gasteiger partial charge >= 0.3 is 0 Å². The standard InChI is InChI=1S/C14H12N2O2.ClH/c17-14(13-4-2-1-3-5-13)11-16-8-6-12(7-9-16)10-15-18;/h1-10H,11H2;1H. The summed E-state index contributed by atoms with van der Waals surface area (Å²) < 4.78 is 1.78. The zero-order valence-corrected chi connectivity index (χ0v) is 10.9. The van der Waals surface area contributed by atoms with Gasteiger partial charge in [-0.25, -0.2) is 0 Å². The van der Waals surface area contributed by atoms with Gasteiger partial charge in [0.25, 0.3) is 0 Å². The van der Waals surface area contributed by atoms with E-state index in [1.165, 1.54) is 6.21 Å². The van der Waals surface area contributed by atoms with Crippen molar-refractivity contribution in [1.29, 1.82) is 0 Å². The van der Waals surface area contributed by atoms with E-state index >= 15 is 0 Å². The molecule has 4 nitrogen and oxygen atoms in total. The summed E-state index contributed by atoms with van der Waals surface area (Å²) in [6.45, 7) is 0.292. The first-order chi connectivity index (χ1) is 8.79. The van der Waals surface area contributed by atoms with Crippen molar-refractivity contribution in [2.24, 2.45) is 5.16 Å². The first-order valence-corrected chi connectivity index (χ1v) is 5.54. The molecule has 0 unspecified atom stereocenters. The van der Waals surface area contributed by atoms with Crippen molar-refractivity contribution in [3.8, 4) is 0 Å². The van der Waals surface area contributed by atoms with E-state index in [1.54, 1.807) is 41.2 Å². The quantitative estimate of drug-likeness (QED) is 0.247. The van der Waals surface area contributed by atoms with Crippen LogP contribution >= 0.6 is 0 Å². The van der Waals surface area contributed by atoms with Gasteiger partial charge in [0.1, 0.15) is 0 Å². The molecule has 1 N–H and O–H groups in total. The van der Waals surface area contributed by atoms with Gasteiger partial charge in [-0.05, 0) is 0 Å². The minimum absolute atomic E-state index is 0. The maximum Gasteiger partial charge on any atom is 0.227 e. The van der Waals surface area contributed by atoms with Gasteiger partial charge in [-0.3, -0.25) is 4.79 Å². The van der Waals surface area contributed by atoms with Gasteiger partial charge in [0.15, 0.2) is 12.4 Å². The van der Waals surface area contributed by atoms with E-state index in [9.17, 15) is 4.79 Å². The number of rotatable bonds is 4. The SMILES string of the molecule is O=C(C[n+]1ccc(/C=N/O)cc1)c1ccccc1.[Cl-]. The Morgan fingerprint density at radius 2 is 1.79 bits per heavy atom. The molecule has 0 fully saturated rings. The molecule has 5 heteroatoms. The Hall–Kier alpha value is -2.20. The number of benzene rings is 1. The number of hydrogen-bond donors (Lipinski definition) is 1. The highest BCUT2D eigenvalue weighted by Crippen LogP contribution is 2.00. The average Bonchev–Trinajstić information content (AvgIpc) is 2.42. The summed E-state index contributed by atoms with van der Waals surface area (Å²) in [4.78, 5) is 11.9. The van der Waals surface area contributed by atoms with Gasteiger partial charge in [0.2, 0.25) is 12.3 Å². The molecule has 1 aromatic carbocycles. The zero-order valence-electron chi connectivity index (χ0n) is 10.1. The van der Waals surface area contributed by atoms with E-state index in [1.807, 2.05) is 18.2 Å². The number of nitrogens with zero attached hydrogens (tertiary/aromatic N) is 2. The molecule has 0 atom stereocenters. The second kappa shape index (κ2) is 7.28. The number of Topliss-reactive ketones (excluding diaryl/α,β-unsaturated/α-hetero) is 1. The fourth-order valence-electron chi connectivity index (χ4n) is 1.61. The molecular weight excluding hydrogens is 264 g/mol. The van der Waals surface area contributed by atoms with Crippen LogP contribution in [-0.2, 0) is 6.54 Å². The first-order valence-electron chi connectivity index (χ1n) is 5.54. The summed E-state index contributed by atoms with van der Waals surface area (Å²) in [5, 5.41) is 11.3. The summed E-state index contributed by atoms with van der Waals surface area (Å²) in [7, 11) is 0. The van der Waals surface area contributed by atoms with Crippen molar-refractivity contribution in [2.75, 3.05) is 0 Å². The third-order valence-electron chi connectivity index (χ3n) is 2.55. The fourth-order valence-corrected chi connectivity index (χ4v) is 1.61. The lowest BCUT2D eigenvalue weighted by atomic mass is 10.1. The number of carbonyl (C=O) groups is 1. The third kappa shape index (κ3) is 4.19. The lowest BCUT2D eigenvalue weighted by molar-refractivity contribution is -0.683. The molecule has 0 amide bonds. The summed E-state index contributed by atoms with van der Waals surface area (Å²) in [6.07, 6.45) is 4.89. The highest BCUT2D eigenvalue weighted by Gasteiger charge is 2.10. The lowest BCUT2D eigenvalue weighted by Gasteiger charge is -1.98. The molecule has 0 aliphatic rings. The van der Waals surface area contributed by atoms with Crippen LogP contribution in [0, 0.1) is 0 Å². The number of halogens is 1. The van der Waals surface area contributed by atoms with E-state index in [2.05, 4.69) is 5.16 Å². The van der Waals surface area contributed by atoms with Crippen LogP contribution < -0.4 is 17.0 Å². The third-order valence-corrected chi connectivity index (χ3v) is 2.55. The van der Waals surface area contributed by atoms with Crippen LogP contribution in [0.25, 0.3) is 0 Å². The van der Waals surface area contributed by atoms with Crippen molar-refractivity contribution < 1.29 is 27.0 Å². The topological polar surface area (TPSA) is 53.5 Å². The lowest BCUT2D eigenvalue weighted by Crippen LogP contribution is -3.00. The minimum atomic E-state index is 0. The number of carbonyl (C=O) groups excluding carboxylic acids is 1. The van der Waals surface area contributed by atoms with E-state index < -0.39 is 0 Å². The molecule has 2 rings (SSSR count). The Kier molecular flexibility index (Phi) is 5.70. The Morgan fingerprint density at radius 1 is 1.16 bits per heavy atom. The van der Waals surface area contributed by atoms with Gasteiger partial charge in [0, 0.05) is 23.3 Å². The van der Waals surface area contributed by atoms with Crippen LogP contribution in [-0.4, -0.2) is 17.2 Å². The second-order valence-corrected chi connectivity index (χ2v) is 3.84. The molecule has 1 aromatic heterocycles. The molecule has 0 spiro atoms. The molecule has 0 saturated carbocycles. The molecule has 0 aliphatic heterocycles. The number of hydrogen-bond acceptors (Lipinski definition) is 3. The van der Waals surface area contributed by atoms with Crippen LogP contribution in [0.4, 0.5) is 0 Å². The Morgan fingerprint density at radius 3 is 2.37 bits per heavy atom. The van der Waals surface area contributed by atoms with Crippen molar-refractivity contribution >= 4 is 12.0 Å². The number of pyridine rings is 1. The minimum Gasteiger partial charge on any atom is -1.00 e. The van der Waals surface area contributed by atoms with Gasteiger partial charge in [-0.1, -0.05) is 35.5 Å². The molecule has 0 bridgehead atoms. The summed E-state index contributed by atoms with van der Waals surface area (Å²) >= 11 is 0. The van der Waals surface area contributed by atoms with Crippen LogP contribution in [0.2, 0.25) is 0 Å². The van der Waals surface area contributed by atoms with Crippen molar-refractivity contribution in [3.63, 3.8) is 0 Å². The Labute approximate surface area is 117 Å². The molecule has 2 aromatic rings. The molecular formula is C14H13ClN2O2. The average molecular weight is 277 g/mol. The second-order valence-electron chi connectivity index (χ2n) is 3.84. The summed E-state index contributed by atoms with van der Waals surface area (Å²) in [5.74, 6) is 0.0594. The highest BCUT2D eigenvalue weighted by atomic mass is 35.5. The molecule has 19 heavy (non-hydrogen) atoms. The maximum absolute atomic E-state index is 11.9. The largest absolute Gasteiger partial charge is 1.00 e. The van der Waals surface area contributed by atoms with E-state index in [-0.39, 0.29) is 18.2 Å². The predicted octanol–water partition coefficient (Wildman–Crippen LogP) is -1.33. The number of aromatic nitrogens is 1. The Bertz CT molecular complexity index is 553. The van der Waals surface area contributed by atoms with Gasteiger partial charge < -0.3 is 17.6 Å². The van der Waals surface area contributed by atoms with Gasteiger partial charge in [0.05, 0.1) is 6.21 Å². The van der Waals surface area contributed by atoms with Crippen LogP contribution in [0.3, 0.4) is 0 Å². The zero-order chi connectivity index (χ0) is 12.8. The smallest absolute Gasteiger partial charge is 0.227 e. The maximum atomic E-state index is 11.9. The van der Waals surface area contributed by atoms with Gasteiger partial charge in [-0.2, -0.15) is 4.57 Å². The van der Waals surface area contributed by atoms with Crippen LogP contribution in [0.1, 0.15) is 15.9 Å². The first kappa shape index (κ1) is 14.9. The highest BCUT2D eigenvalue weighted by molar-refractivity contribution is 5.94. The van der Waals surface area contributed by atoms with Crippen molar-refractivity contribution in [3.05, 3.63) is 66.0 Å². The molecule has 0 radical (unpaired) electrons. The Balaban J connectivity index is 0.00000180. The number of oxime groups is 1. The summed E-state index contributed by atoms with van der Waals surface area (Å²) in [5.41, 5.74) is 1.48. The normalized spacial score (nSPS) is 10.1. The molecule has 1 heterocycles. The molecule has 0 saturated heterocycles. The molecule has 0 aliphatic carbocycles. The van der Waals surface area contributed by atoms with E-state index in [0.717, 1.165) is 5.56 Å².